The van der Waals surface area contributed by atoms with Crippen LogP contribution in [0.5, 0.6) is 0 Å². The van der Waals surface area contributed by atoms with Gasteiger partial charge in [0, 0.05) is 6.04 Å². The minimum absolute atomic E-state index is 0.0737. The molecule has 0 bridgehead atoms. The molecule has 0 aromatic heterocycles. The molecule has 2 saturated carbocycles. The van der Waals surface area contributed by atoms with Crippen LogP contribution in [0, 0.1) is 17.8 Å². The van der Waals surface area contributed by atoms with Crippen LogP contribution in [0.2, 0.25) is 0 Å². The van der Waals surface area contributed by atoms with E-state index < -0.39 is 5.97 Å². The van der Waals surface area contributed by atoms with Crippen molar-refractivity contribution in [2.24, 2.45) is 17.8 Å². The second-order valence-electron chi connectivity index (χ2n) is 6.10. The quantitative estimate of drug-likeness (QED) is 0.820. The predicted octanol–water partition coefficient (Wildman–Crippen LogP) is 2.61. The van der Waals surface area contributed by atoms with E-state index in [1.165, 1.54) is 19.3 Å². The van der Waals surface area contributed by atoms with Crippen LogP contribution in [0.25, 0.3) is 0 Å². The Hall–Kier alpha value is -0.570. The third-order valence-corrected chi connectivity index (χ3v) is 4.83. The minimum Gasteiger partial charge on any atom is -0.481 e. The Balaban J connectivity index is 1.90. The maximum absolute atomic E-state index is 11.0. The van der Waals surface area contributed by atoms with Crippen LogP contribution >= 0.6 is 0 Å². The number of carboxylic acids is 1. The molecule has 0 saturated heterocycles. The van der Waals surface area contributed by atoms with Crippen molar-refractivity contribution in [2.75, 3.05) is 14.1 Å². The van der Waals surface area contributed by atoms with Gasteiger partial charge in [0.1, 0.15) is 0 Å². The second-order valence-corrected chi connectivity index (χ2v) is 6.10. The summed E-state index contributed by atoms with van der Waals surface area (Å²) in [5.41, 5.74) is 0. The summed E-state index contributed by atoms with van der Waals surface area (Å²) in [4.78, 5) is 13.3. The molecule has 0 aliphatic heterocycles. The van der Waals surface area contributed by atoms with E-state index in [0.717, 1.165) is 37.5 Å². The van der Waals surface area contributed by atoms with E-state index in [4.69, 9.17) is 5.11 Å². The molecule has 0 spiro atoms. The SMILES string of the molecule is CN(C)C(C1CCC1)C1CCC(C(=O)O)CC1. The molecule has 3 nitrogen and oxygen atoms in total. The van der Waals surface area contributed by atoms with Gasteiger partial charge in [0.15, 0.2) is 0 Å². The van der Waals surface area contributed by atoms with Crippen molar-refractivity contribution in [1.29, 1.82) is 0 Å². The van der Waals surface area contributed by atoms with Crippen molar-refractivity contribution in [2.45, 2.75) is 51.0 Å². The van der Waals surface area contributed by atoms with Crippen LogP contribution in [-0.2, 0) is 4.79 Å². The van der Waals surface area contributed by atoms with Crippen LogP contribution in [0.1, 0.15) is 44.9 Å². The monoisotopic (exact) mass is 239 g/mol. The van der Waals surface area contributed by atoms with E-state index in [1.54, 1.807) is 0 Å². The fourth-order valence-electron chi connectivity index (χ4n) is 3.72. The molecule has 17 heavy (non-hydrogen) atoms. The first kappa shape index (κ1) is 12.9. The Morgan fingerprint density at radius 2 is 1.59 bits per heavy atom. The topological polar surface area (TPSA) is 40.5 Å². The molecule has 1 N–H and O–H groups in total. The third kappa shape index (κ3) is 2.82. The smallest absolute Gasteiger partial charge is 0.306 e. The van der Waals surface area contributed by atoms with Crippen molar-refractivity contribution < 1.29 is 9.90 Å². The second kappa shape index (κ2) is 5.38. The van der Waals surface area contributed by atoms with Crippen LogP contribution in [-0.4, -0.2) is 36.1 Å². The highest BCUT2D eigenvalue weighted by atomic mass is 16.4. The average molecular weight is 239 g/mol. The first-order chi connectivity index (χ1) is 8.09. The van der Waals surface area contributed by atoms with Gasteiger partial charge in [-0.15, -0.1) is 0 Å². The lowest BCUT2D eigenvalue weighted by molar-refractivity contribution is -0.143. The summed E-state index contributed by atoms with van der Waals surface area (Å²) in [5, 5.41) is 9.03. The van der Waals surface area contributed by atoms with E-state index >= 15 is 0 Å². The van der Waals surface area contributed by atoms with Gasteiger partial charge in [-0.1, -0.05) is 6.42 Å². The lowest BCUT2D eigenvalue weighted by atomic mass is 9.69. The van der Waals surface area contributed by atoms with E-state index in [9.17, 15) is 4.79 Å². The van der Waals surface area contributed by atoms with Gasteiger partial charge in [-0.2, -0.15) is 0 Å². The van der Waals surface area contributed by atoms with Crippen LogP contribution in [0.3, 0.4) is 0 Å². The lowest BCUT2D eigenvalue weighted by Crippen LogP contribution is -2.45. The van der Waals surface area contributed by atoms with Crippen molar-refractivity contribution in [3.8, 4) is 0 Å². The Labute approximate surface area is 104 Å². The van der Waals surface area contributed by atoms with E-state index in [-0.39, 0.29) is 5.92 Å². The van der Waals surface area contributed by atoms with Gasteiger partial charge in [-0.3, -0.25) is 4.79 Å². The molecule has 3 heteroatoms. The maximum Gasteiger partial charge on any atom is 0.306 e. The summed E-state index contributed by atoms with van der Waals surface area (Å²) in [7, 11) is 4.37. The summed E-state index contributed by atoms with van der Waals surface area (Å²) in [6.07, 6.45) is 8.13. The molecule has 1 unspecified atom stereocenters. The van der Waals surface area contributed by atoms with Crippen LogP contribution < -0.4 is 0 Å². The number of hydrogen-bond donors (Lipinski definition) is 1. The Kier molecular flexibility index (Phi) is 4.08. The molecule has 2 aliphatic carbocycles. The summed E-state index contributed by atoms with van der Waals surface area (Å²) >= 11 is 0. The first-order valence-corrected chi connectivity index (χ1v) is 6.99. The van der Waals surface area contributed by atoms with E-state index in [2.05, 4.69) is 19.0 Å². The van der Waals surface area contributed by atoms with Gasteiger partial charge in [0.05, 0.1) is 5.92 Å². The minimum atomic E-state index is -0.589. The van der Waals surface area contributed by atoms with Crippen molar-refractivity contribution >= 4 is 5.97 Å². The van der Waals surface area contributed by atoms with Crippen molar-refractivity contribution in [3.05, 3.63) is 0 Å². The fourth-order valence-corrected chi connectivity index (χ4v) is 3.72. The Morgan fingerprint density at radius 3 is 1.94 bits per heavy atom. The van der Waals surface area contributed by atoms with Crippen molar-refractivity contribution in [3.63, 3.8) is 0 Å². The average Bonchev–Trinajstić information content (AvgIpc) is 2.23. The lowest BCUT2D eigenvalue weighted by Gasteiger charge is -2.44. The fraction of sp³-hybridized carbons (Fsp3) is 0.929. The standard InChI is InChI=1S/C14H25NO2/c1-15(2)13(10-4-3-5-10)11-6-8-12(9-7-11)14(16)17/h10-13H,3-9H2,1-2H3,(H,16,17). The maximum atomic E-state index is 11.0. The van der Waals surface area contributed by atoms with E-state index in [1.807, 2.05) is 0 Å². The zero-order valence-electron chi connectivity index (χ0n) is 11.1. The molecule has 1 atom stereocenters. The number of nitrogens with zero attached hydrogens (tertiary/aromatic N) is 1. The molecular formula is C14H25NO2. The molecule has 2 aliphatic rings. The Morgan fingerprint density at radius 1 is 1.06 bits per heavy atom. The number of rotatable bonds is 4. The highest BCUT2D eigenvalue weighted by Crippen LogP contribution is 2.41. The first-order valence-electron chi connectivity index (χ1n) is 6.99. The largest absolute Gasteiger partial charge is 0.481 e. The highest BCUT2D eigenvalue weighted by molar-refractivity contribution is 5.69. The summed E-state index contributed by atoms with van der Waals surface area (Å²) in [5.74, 6) is 0.936. The predicted molar refractivity (Wildman–Crippen MR) is 67.9 cm³/mol. The molecular weight excluding hydrogens is 214 g/mol. The number of hydrogen-bond acceptors (Lipinski definition) is 2. The molecule has 2 fully saturated rings. The van der Waals surface area contributed by atoms with Gasteiger partial charge in [0.25, 0.3) is 0 Å². The molecule has 0 amide bonds. The Bertz CT molecular complexity index is 265. The van der Waals surface area contributed by atoms with Crippen molar-refractivity contribution in [1.82, 2.24) is 4.90 Å². The van der Waals surface area contributed by atoms with Gasteiger partial charge >= 0.3 is 5.97 Å². The summed E-state index contributed by atoms with van der Waals surface area (Å²) in [6.45, 7) is 0. The molecule has 0 aromatic rings. The number of aliphatic carboxylic acids is 1. The normalized spacial score (nSPS) is 32.2. The van der Waals surface area contributed by atoms with Gasteiger partial charge in [-0.25, -0.2) is 0 Å². The molecule has 0 aromatic carbocycles. The third-order valence-electron chi connectivity index (χ3n) is 4.83. The highest BCUT2D eigenvalue weighted by Gasteiger charge is 2.37. The van der Waals surface area contributed by atoms with Crippen LogP contribution in [0.15, 0.2) is 0 Å². The van der Waals surface area contributed by atoms with Crippen LogP contribution in [0.4, 0.5) is 0 Å². The molecule has 0 radical (unpaired) electrons. The zero-order valence-corrected chi connectivity index (χ0v) is 11.1. The zero-order chi connectivity index (χ0) is 12.4. The van der Waals surface area contributed by atoms with Gasteiger partial charge < -0.3 is 10.0 Å². The molecule has 98 valence electrons. The summed E-state index contributed by atoms with van der Waals surface area (Å²) in [6, 6.07) is 0.693. The molecule has 0 heterocycles. The van der Waals surface area contributed by atoms with Gasteiger partial charge in [-0.05, 0) is 64.5 Å². The number of carboxylic acid groups (broad SMARTS) is 1. The van der Waals surface area contributed by atoms with Gasteiger partial charge in [0.2, 0.25) is 0 Å². The molecule has 2 rings (SSSR count). The van der Waals surface area contributed by atoms with E-state index in [0.29, 0.717) is 6.04 Å². The summed E-state index contributed by atoms with van der Waals surface area (Å²) < 4.78 is 0. The number of carbonyl (C=O) groups is 1.